The molecule has 182 valence electrons. The highest BCUT2D eigenvalue weighted by molar-refractivity contribution is 7.19. The molecule has 0 fully saturated rings. The predicted molar refractivity (Wildman–Crippen MR) is 135 cm³/mol. The molecule has 1 amide bonds. The Bertz CT molecular complexity index is 1170. The van der Waals surface area contributed by atoms with E-state index in [2.05, 4.69) is 24.5 Å². The lowest BCUT2D eigenvalue weighted by Gasteiger charge is -2.18. The Labute approximate surface area is 204 Å². The molecule has 2 heterocycles. The number of rotatable bonds is 9. The Morgan fingerprint density at radius 3 is 2.50 bits per heavy atom. The Kier molecular flexibility index (Phi) is 7.41. The van der Waals surface area contributed by atoms with Gasteiger partial charge in [-0.2, -0.15) is 0 Å². The highest BCUT2D eigenvalue weighted by Gasteiger charge is 2.24. The van der Waals surface area contributed by atoms with Gasteiger partial charge in [0.1, 0.15) is 16.5 Å². The van der Waals surface area contributed by atoms with Crippen LogP contribution < -0.4 is 24.8 Å². The number of anilines is 1. The normalized spacial score (nSPS) is 15.0. The second kappa shape index (κ2) is 10.5. The van der Waals surface area contributed by atoms with E-state index in [-0.39, 0.29) is 5.91 Å². The third-order valence-electron chi connectivity index (χ3n) is 6.15. The summed E-state index contributed by atoms with van der Waals surface area (Å²) >= 11 is 1.80. The maximum absolute atomic E-state index is 12.8. The van der Waals surface area contributed by atoms with Crippen molar-refractivity contribution in [3.05, 3.63) is 34.0 Å². The lowest BCUT2D eigenvalue weighted by atomic mass is 9.89. The highest BCUT2D eigenvalue weighted by atomic mass is 32.1. The molecule has 0 spiro atoms. The molecule has 0 saturated heterocycles. The molecular weight excluding hydrogens is 452 g/mol. The number of fused-ring (bicyclic) bond motifs is 3. The maximum Gasteiger partial charge on any atom is 0.251 e. The summed E-state index contributed by atoms with van der Waals surface area (Å²) in [5.74, 6) is 3.54. The van der Waals surface area contributed by atoms with Gasteiger partial charge in [-0.3, -0.25) is 4.79 Å². The van der Waals surface area contributed by atoms with Gasteiger partial charge in [0.05, 0.1) is 26.7 Å². The first-order valence-corrected chi connectivity index (χ1v) is 12.4. The first kappa shape index (κ1) is 24.1. The average Bonchev–Trinajstić information content (AvgIpc) is 3.22. The molecule has 2 N–H and O–H groups in total. The monoisotopic (exact) mass is 484 g/mol. The Hall–Kier alpha value is -3.07. The fourth-order valence-electron chi connectivity index (χ4n) is 4.34. The van der Waals surface area contributed by atoms with E-state index in [1.807, 2.05) is 0 Å². The number of benzene rings is 1. The third kappa shape index (κ3) is 4.75. The number of ether oxygens (including phenoxy) is 3. The zero-order chi connectivity index (χ0) is 24.2. The zero-order valence-corrected chi connectivity index (χ0v) is 21.2. The SMILES string of the molecule is CCc1nc(NCCNC(=O)c2cc(OC)c(OC)c(OC)c2)c2c3c(sc2n1)CC(C)CC3. The smallest absolute Gasteiger partial charge is 0.251 e. The third-order valence-corrected chi connectivity index (χ3v) is 7.30. The van der Waals surface area contributed by atoms with E-state index in [1.54, 1.807) is 23.5 Å². The number of amides is 1. The molecule has 9 heteroatoms. The second-order valence-electron chi connectivity index (χ2n) is 8.47. The molecule has 34 heavy (non-hydrogen) atoms. The molecule has 2 aromatic heterocycles. The van der Waals surface area contributed by atoms with Crippen LogP contribution in [0.4, 0.5) is 5.82 Å². The number of nitrogens with one attached hydrogen (secondary N) is 2. The van der Waals surface area contributed by atoms with E-state index in [9.17, 15) is 4.79 Å². The molecule has 8 nitrogen and oxygen atoms in total. The van der Waals surface area contributed by atoms with Crippen molar-refractivity contribution in [2.45, 2.75) is 39.5 Å². The van der Waals surface area contributed by atoms with Crippen LogP contribution in [0.3, 0.4) is 0 Å². The fourth-order valence-corrected chi connectivity index (χ4v) is 5.75. The van der Waals surface area contributed by atoms with Crippen molar-refractivity contribution in [3.8, 4) is 17.2 Å². The summed E-state index contributed by atoms with van der Waals surface area (Å²) in [6.45, 7) is 5.36. The van der Waals surface area contributed by atoms with Gasteiger partial charge in [-0.15, -0.1) is 11.3 Å². The number of aryl methyl sites for hydroxylation is 2. The summed E-state index contributed by atoms with van der Waals surface area (Å²) in [6.07, 6.45) is 4.15. The molecule has 0 radical (unpaired) electrons. The van der Waals surface area contributed by atoms with Crippen molar-refractivity contribution in [1.29, 1.82) is 0 Å². The first-order valence-electron chi connectivity index (χ1n) is 11.6. The molecule has 0 aliphatic heterocycles. The molecule has 1 aliphatic carbocycles. The molecule has 0 bridgehead atoms. The minimum Gasteiger partial charge on any atom is -0.493 e. The van der Waals surface area contributed by atoms with Gasteiger partial charge >= 0.3 is 0 Å². The average molecular weight is 485 g/mol. The van der Waals surface area contributed by atoms with E-state index < -0.39 is 0 Å². The summed E-state index contributed by atoms with van der Waals surface area (Å²) in [5.41, 5.74) is 1.83. The predicted octanol–water partition coefficient (Wildman–Crippen LogP) is 4.25. The zero-order valence-electron chi connectivity index (χ0n) is 20.4. The maximum atomic E-state index is 12.8. The van der Waals surface area contributed by atoms with Crippen LogP contribution in [0.15, 0.2) is 12.1 Å². The van der Waals surface area contributed by atoms with Gasteiger partial charge in [0, 0.05) is 30.0 Å². The van der Waals surface area contributed by atoms with E-state index in [1.165, 1.54) is 38.2 Å². The van der Waals surface area contributed by atoms with Gasteiger partial charge in [0.2, 0.25) is 5.75 Å². The van der Waals surface area contributed by atoms with Crippen LogP contribution in [0, 0.1) is 5.92 Å². The van der Waals surface area contributed by atoms with Gasteiger partial charge in [-0.25, -0.2) is 9.97 Å². The largest absolute Gasteiger partial charge is 0.493 e. The number of thiophene rings is 1. The van der Waals surface area contributed by atoms with Crippen LogP contribution in [0.1, 0.15) is 46.9 Å². The molecule has 1 aromatic carbocycles. The number of hydrogen-bond acceptors (Lipinski definition) is 8. The Balaban J connectivity index is 1.47. The summed E-state index contributed by atoms with van der Waals surface area (Å²) in [7, 11) is 4.59. The summed E-state index contributed by atoms with van der Waals surface area (Å²) < 4.78 is 16.0. The first-order chi connectivity index (χ1) is 16.5. The molecule has 0 saturated carbocycles. The number of hydrogen-bond donors (Lipinski definition) is 2. The number of nitrogens with zero attached hydrogens (tertiary/aromatic N) is 2. The van der Waals surface area contributed by atoms with Crippen LogP contribution >= 0.6 is 11.3 Å². The topological polar surface area (TPSA) is 94.6 Å². The van der Waals surface area contributed by atoms with Crippen molar-refractivity contribution in [2.75, 3.05) is 39.7 Å². The van der Waals surface area contributed by atoms with Crippen LogP contribution in [-0.4, -0.2) is 50.3 Å². The quantitative estimate of drug-likeness (QED) is 0.439. The van der Waals surface area contributed by atoms with Crippen molar-refractivity contribution in [1.82, 2.24) is 15.3 Å². The molecule has 4 rings (SSSR count). The van der Waals surface area contributed by atoms with Crippen LogP contribution in [-0.2, 0) is 19.3 Å². The fraction of sp³-hybridized carbons (Fsp3) is 0.480. The van der Waals surface area contributed by atoms with Crippen molar-refractivity contribution >= 4 is 33.3 Å². The van der Waals surface area contributed by atoms with E-state index in [0.717, 1.165) is 41.1 Å². The second-order valence-corrected chi connectivity index (χ2v) is 9.55. The molecular formula is C25H32N4O4S. The van der Waals surface area contributed by atoms with E-state index in [4.69, 9.17) is 24.2 Å². The Morgan fingerprint density at radius 1 is 1.12 bits per heavy atom. The Morgan fingerprint density at radius 2 is 1.85 bits per heavy atom. The van der Waals surface area contributed by atoms with Gasteiger partial charge in [-0.05, 0) is 42.9 Å². The van der Waals surface area contributed by atoms with Gasteiger partial charge < -0.3 is 24.8 Å². The molecule has 3 aromatic rings. The van der Waals surface area contributed by atoms with Crippen LogP contribution in [0.5, 0.6) is 17.2 Å². The van der Waals surface area contributed by atoms with Crippen molar-refractivity contribution < 1.29 is 19.0 Å². The molecule has 1 atom stereocenters. The summed E-state index contributed by atoms with van der Waals surface area (Å²) in [5, 5.41) is 7.56. The number of carbonyl (C=O) groups is 1. The van der Waals surface area contributed by atoms with Gasteiger partial charge in [0.25, 0.3) is 5.91 Å². The number of aromatic nitrogens is 2. The van der Waals surface area contributed by atoms with E-state index in [0.29, 0.717) is 41.8 Å². The van der Waals surface area contributed by atoms with Crippen molar-refractivity contribution in [3.63, 3.8) is 0 Å². The molecule has 1 unspecified atom stereocenters. The van der Waals surface area contributed by atoms with Gasteiger partial charge in [0.15, 0.2) is 11.5 Å². The standard InChI is InChI=1S/C25H32N4O4S/c1-6-20-28-23(21-16-8-7-14(2)11-19(16)34-25(21)29-20)26-9-10-27-24(30)15-12-17(31-3)22(33-5)18(13-15)32-4/h12-14H,6-11H2,1-5H3,(H,27,30)(H,26,28,29). The number of methoxy groups -OCH3 is 3. The lowest BCUT2D eigenvalue weighted by molar-refractivity contribution is 0.0954. The van der Waals surface area contributed by atoms with E-state index >= 15 is 0 Å². The highest BCUT2D eigenvalue weighted by Crippen LogP contribution is 2.40. The molecule has 1 aliphatic rings. The number of carbonyl (C=O) groups excluding carboxylic acids is 1. The van der Waals surface area contributed by atoms with Crippen LogP contribution in [0.25, 0.3) is 10.2 Å². The van der Waals surface area contributed by atoms with Crippen LogP contribution in [0.2, 0.25) is 0 Å². The summed E-state index contributed by atoms with van der Waals surface area (Å²) in [4.78, 5) is 24.8. The minimum absolute atomic E-state index is 0.218. The lowest BCUT2D eigenvalue weighted by Crippen LogP contribution is -2.29. The minimum atomic E-state index is -0.218. The van der Waals surface area contributed by atoms with Gasteiger partial charge in [-0.1, -0.05) is 13.8 Å². The summed E-state index contributed by atoms with van der Waals surface area (Å²) in [6, 6.07) is 3.29. The van der Waals surface area contributed by atoms with Crippen molar-refractivity contribution in [2.24, 2.45) is 5.92 Å².